The van der Waals surface area contributed by atoms with Crippen LogP contribution in [0.4, 0.5) is 0 Å². The summed E-state index contributed by atoms with van der Waals surface area (Å²) in [5, 5.41) is 1.21. The van der Waals surface area contributed by atoms with Crippen molar-refractivity contribution in [2.45, 2.75) is 2.86 Å². The van der Waals surface area contributed by atoms with Crippen LogP contribution in [-0.2, 0) is 19.6 Å². The maximum absolute atomic E-state index is 6.55. The van der Waals surface area contributed by atoms with Crippen molar-refractivity contribution in [1.82, 2.24) is 0 Å². The fourth-order valence-electron chi connectivity index (χ4n) is 2.41. The fourth-order valence-corrected chi connectivity index (χ4v) is 12.8. The molecule has 3 rings (SSSR count). The van der Waals surface area contributed by atoms with E-state index >= 15 is 0 Å². The van der Waals surface area contributed by atoms with Crippen molar-refractivity contribution >= 4 is 39.0 Å². The van der Waals surface area contributed by atoms with Crippen molar-refractivity contribution in [3.63, 3.8) is 0 Å². The Balaban J connectivity index is 2.14. The van der Waals surface area contributed by atoms with Crippen LogP contribution >= 0.6 is 33.7 Å². The minimum absolute atomic E-state index is 0.439. The molecule has 0 amide bonds. The summed E-state index contributed by atoms with van der Waals surface area (Å²) >= 11 is -3.80. The van der Waals surface area contributed by atoms with Gasteiger partial charge in [0.25, 0.3) is 0 Å². The number of benzene rings is 2. The van der Waals surface area contributed by atoms with E-state index in [2.05, 4.69) is 36.4 Å². The summed E-state index contributed by atoms with van der Waals surface area (Å²) in [6.45, 7) is 0. The van der Waals surface area contributed by atoms with Crippen LogP contribution in [0.25, 0.3) is 0 Å². The third-order valence-corrected chi connectivity index (χ3v) is 18.6. The molecule has 2 aromatic carbocycles. The summed E-state index contributed by atoms with van der Waals surface area (Å²) in [7, 11) is 20.7. The average Bonchev–Trinajstić information content (AvgIpc) is 2.95. The van der Waals surface area contributed by atoms with Crippen molar-refractivity contribution in [3.05, 3.63) is 83.9 Å². The van der Waals surface area contributed by atoms with Gasteiger partial charge in [0.1, 0.15) is 0 Å². The van der Waals surface area contributed by atoms with Crippen LogP contribution in [0.3, 0.4) is 0 Å². The molecule has 0 saturated carbocycles. The van der Waals surface area contributed by atoms with Crippen LogP contribution in [0.15, 0.2) is 72.8 Å². The normalized spacial score (nSPS) is 22.1. The van der Waals surface area contributed by atoms with Gasteiger partial charge in [0.15, 0.2) is 0 Å². The molecule has 106 valence electrons. The standard InChI is InChI=1S/C16H12P.3ClH.Zr/c1-3-7-13(8-4-1)15-11-12-16(17-15)14-9-5-2-6-10-14;;;;/h1-12H;3*1H;/q;;;;+3/p-3. The van der Waals surface area contributed by atoms with Gasteiger partial charge < -0.3 is 0 Å². The Hall–Kier alpha value is 0.103. The molecular formula is C16H12Cl3PZr. The van der Waals surface area contributed by atoms with Gasteiger partial charge in [-0.15, -0.1) is 0 Å². The number of hydrogen-bond donors (Lipinski definition) is 0. The number of rotatable bonds is 3. The zero-order chi connectivity index (χ0) is 14.9. The van der Waals surface area contributed by atoms with Gasteiger partial charge in [-0.2, -0.15) is 0 Å². The minimum atomic E-state index is -3.80. The zero-order valence-corrected chi connectivity index (χ0v) is 16.6. The van der Waals surface area contributed by atoms with E-state index in [1.54, 1.807) is 0 Å². The Morgan fingerprint density at radius 3 is 1.95 bits per heavy atom. The molecule has 0 spiro atoms. The molecule has 5 heteroatoms. The molecule has 1 aliphatic rings. The van der Waals surface area contributed by atoms with E-state index in [0.29, 0.717) is 0 Å². The zero-order valence-electron chi connectivity index (χ0n) is 11.0. The van der Waals surface area contributed by atoms with E-state index in [0.717, 1.165) is 13.8 Å². The first-order valence-electron chi connectivity index (χ1n) is 6.50. The summed E-state index contributed by atoms with van der Waals surface area (Å²) < 4.78 is -0.439. The maximum atomic E-state index is 6.55. The molecule has 0 N–H and O–H groups in total. The molecule has 0 fully saturated rings. The van der Waals surface area contributed by atoms with Gasteiger partial charge in [-0.1, -0.05) is 0 Å². The summed E-state index contributed by atoms with van der Waals surface area (Å²) in [5.74, 6) is 0. The second kappa shape index (κ2) is 6.31. The molecule has 0 bridgehead atoms. The van der Waals surface area contributed by atoms with E-state index in [9.17, 15) is 0 Å². The second-order valence-electron chi connectivity index (χ2n) is 4.83. The first-order valence-corrected chi connectivity index (χ1v) is 18.1. The Bertz CT molecular complexity index is 692. The fraction of sp³-hybridized carbons (Fsp3) is 0.0625. The molecule has 1 aliphatic heterocycles. The monoisotopic (exact) mass is 430 g/mol. The van der Waals surface area contributed by atoms with Gasteiger partial charge in [0.05, 0.1) is 0 Å². The third-order valence-electron chi connectivity index (χ3n) is 3.49. The van der Waals surface area contributed by atoms with Crippen molar-refractivity contribution in [2.75, 3.05) is 0 Å². The molecule has 1 unspecified atom stereocenters. The van der Waals surface area contributed by atoms with Crippen LogP contribution in [0.1, 0.15) is 11.1 Å². The number of halogens is 3. The topological polar surface area (TPSA) is 0 Å². The molecule has 1 atom stereocenters. The van der Waals surface area contributed by atoms with Gasteiger partial charge in [0, 0.05) is 0 Å². The SMILES string of the molecule is [Cl][Zr]([Cl])([Cl])[C]1(c2ccccc2)C=CC(c2ccccc2)=P1. The van der Waals surface area contributed by atoms with E-state index in [4.69, 9.17) is 25.5 Å². The summed E-state index contributed by atoms with van der Waals surface area (Å²) in [6, 6.07) is 20.4. The van der Waals surface area contributed by atoms with Crippen LogP contribution < -0.4 is 0 Å². The van der Waals surface area contributed by atoms with Crippen molar-refractivity contribution < 1.29 is 16.7 Å². The van der Waals surface area contributed by atoms with Crippen LogP contribution in [0.5, 0.6) is 0 Å². The molecule has 0 saturated heterocycles. The molecule has 0 aliphatic carbocycles. The Morgan fingerprint density at radius 2 is 1.38 bits per heavy atom. The molecule has 0 nitrogen and oxygen atoms in total. The summed E-state index contributed by atoms with van der Waals surface area (Å²) in [4.78, 5) is 0. The molecule has 0 aromatic heterocycles. The van der Waals surface area contributed by atoms with Crippen LogP contribution in [0.2, 0.25) is 0 Å². The van der Waals surface area contributed by atoms with Crippen molar-refractivity contribution in [1.29, 1.82) is 0 Å². The number of hydrogen-bond acceptors (Lipinski definition) is 0. The molecule has 1 heterocycles. The molecular weight excluding hydrogens is 421 g/mol. The predicted molar refractivity (Wildman–Crippen MR) is 92.3 cm³/mol. The second-order valence-corrected chi connectivity index (χ2v) is 25.2. The molecule has 2 aromatic rings. The van der Waals surface area contributed by atoms with Crippen molar-refractivity contribution in [3.8, 4) is 0 Å². The van der Waals surface area contributed by atoms with Gasteiger partial charge in [-0.3, -0.25) is 0 Å². The van der Waals surface area contributed by atoms with Gasteiger partial charge in [-0.05, 0) is 0 Å². The van der Waals surface area contributed by atoms with E-state index in [1.165, 1.54) is 10.9 Å². The van der Waals surface area contributed by atoms with E-state index in [1.807, 2.05) is 36.4 Å². The predicted octanol–water partition coefficient (Wildman–Crippen LogP) is 6.19. The van der Waals surface area contributed by atoms with Gasteiger partial charge in [0.2, 0.25) is 0 Å². The quantitative estimate of drug-likeness (QED) is 0.507. The van der Waals surface area contributed by atoms with Gasteiger partial charge >= 0.3 is 143 Å². The van der Waals surface area contributed by atoms with Gasteiger partial charge in [-0.25, -0.2) is 0 Å². The summed E-state index contributed by atoms with van der Waals surface area (Å²) in [5.41, 5.74) is 2.29. The summed E-state index contributed by atoms with van der Waals surface area (Å²) in [6.07, 6.45) is 4.22. The number of allylic oxidation sites excluding steroid dienone is 2. The first-order chi connectivity index (χ1) is 10.0. The third kappa shape index (κ3) is 3.10. The van der Waals surface area contributed by atoms with Crippen molar-refractivity contribution in [2.24, 2.45) is 0 Å². The molecule has 0 radical (unpaired) electrons. The van der Waals surface area contributed by atoms with E-state index in [-0.39, 0.29) is 0 Å². The average molecular weight is 433 g/mol. The Kier molecular flexibility index (Phi) is 4.80. The van der Waals surface area contributed by atoms with Crippen LogP contribution in [-0.4, -0.2) is 5.29 Å². The molecule has 21 heavy (non-hydrogen) atoms. The van der Waals surface area contributed by atoms with E-state index < -0.39 is 19.6 Å². The van der Waals surface area contributed by atoms with Crippen LogP contribution in [0, 0.1) is 0 Å². The first kappa shape index (κ1) is 16.0. The Labute approximate surface area is 141 Å². The Morgan fingerprint density at radius 1 is 0.810 bits per heavy atom.